The van der Waals surface area contributed by atoms with Crippen molar-refractivity contribution in [2.45, 2.75) is 32.4 Å². The fraction of sp³-hybridized carbons (Fsp3) is 0.455. The minimum atomic E-state index is 0.128. The average Bonchev–Trinajstić information content (AvgIpc) is 2.99. The third-order valence-electron chi connectivity index (χ3n) is 5.77. The van der Waals surface area contributed by atoms with E-state index >= 15 is 0 Å². The van der Waals surface area contributed by atoms with Gasteiger partial charge in [-0.25, -0.2) is 0 Å². The number of pyridine rings is 1. The average molecular weight is 365 g/mol. The zero-order valence-corrected chi connectivity index (χ0v) is 16.1. The lowest BCUT2D eigenvalue weighted by atomic mass is 9.94. The summed E-state index contributed by atoms with van der Waals surface area (Å²) in [5, 5.41) is 0. The molecule has 142 valence electrons. The van der Waals surface area contributed by atoms with Crippen LogP contribution in [0.15, 0.2) is 42.6 Å². The summed E-state index contributed by atoms with van der Waals surface area (Å²) >= 11 is 0. The van der Waals surface area contributed by atoms with Crippen LogP contribution in [0.25, 0.3) is 0 Å². The molecule has 1 aromatic heterocycles. The number of aromatic nitrogens is 1. The topological polar surface area (TPSA) is 45.7 Å². The molecule has 0 unspecified atom stereocenters. The standard InChI is InChI=1S/C22H27N3O2/c1-16-3-7-19(11-23-16)22(26)25-14-18-4-8-20(25)15-24(13-18)12-17-5-9-21(27-2)10-6-17/h3,5-7,9-11,18,20H,4,8,12-15H2,1-2H3/t18-,20+/m0/s1. The Kier molecular flexibility index (Phi) is 5.12. The molecule has 0 spiro atoms. The largest absolute Gasteiger partial charge is 0.497 e. The number of aryl methyl sites for hydroxylation is 1. The molecule has 0 radical (unpaired) electrons. The number of rotatable bonds is 4. The molecule has 2 bridgehead atoms. The SMILES string of the molecule is COc1ccc(CN2C[C@@H]3CC[C@H](C2)N(C(=O)c2ccc(C)nc2)C3)cc1. The van der Waals surface area contributed by atoms with Gasteiger partial charge in [-0.2, -0.15) is 0 Å². The van der Waals surface area contributed by atoms with Crippen molar-refractivity contribution in [3.8, 4) is 5.75 Å². The van der Waals surface area contributed by atoms with Crippen molar-refractivity contribution in [2.24, 2.45) is 5.92 Å². The van der Waals surface area contributed by atoms with E-state index < -0.39 is 0 Å². The van der Waals surface area contributed by atoms with Crippen molar-refractivity contribution in [2.75, 3.05) is 26.7 Å². The van der Waals surface area contributed by atoms with E-state index in [0.29, 0.717) is 11.5 Å². The summed E-state index contributed by atoms with van der Waals surface area (Å²) in [7, 11) is 1.69. The fourth-order valence-electron chi connectivity index (χ4n) is 4.31. The van der Waals surface area contributed by atoms with Gasteiger partial charge < -0.3 is 9.64 Å². The summed E-state index contributed by atoms with van der Waals surface area (Å²) in [4.78, 5) is 21.9. The Bertz CT molecular complexity index is 788. The number of amides is 1. The van der Waals surface area contributed by atoms with Gasteiger partial charge in [-0.1, -0.05) is 12.1 Å². The lowest BCUT2D eigenvalue weighted by molar-refractivity contribution is 0.0584. The Labute approximate surface area is 161 Å². The van der Waals surface area contributed by atoms with Gasteiger partial charge in [0.2, 0.25) is 0 Å². The Morgan fingerprint density at radius 1 is 1.11 bits per heavy atom. The Hall–Kier alpha value is -2.40. The molecule has 1 aromatic carbocycles. The van der Waals surface area contributed by atoms with Gasteiger partial charge >= 0.3 is 0 Å². The number of benzene rings is 1. The van der Waals surface area contributed by atoms with Crippen molar-refractivity contribution < 1.29 is 9.53 Å². The van der Waals surface area contributed by atoms with E-state index in [4.69, 9.17) is 4.74 Å². The molecule has 0 aliphatic carbocycles. The first-order valence-corrected chi connectivity index (χ1v) is 9.71. The number of hydrogen-bond donors (Lipinski definition) is 0. The second-order valence-electron chi connectivity index (χ2n) is 7.79. The van der Waals surface area contributed by atoms with Gasteiger partial charge in [-0.15, -0.1) is 0 Å². The molecule has 5 rings (SSSR count). The van der Waals surface area contributed by atoms with Crippen LogP contribution in [-0.2, 0) is 6.54 Å². The van der Waals surface area contributed by atoms with E-state index in [9.17, 15) is 4.79 Å². The normalized spacial score (nSPS) is 22.5. The second-order valence-corrected chi connectivity index (χ2v) is 7.79. The smallest absolute Gasteiger partial charge is 0.255 e. The van der Waals surface area contributed by atoms with Crippen LogP contribution in [0.1, 0.15) is 34.5 Å². The number of ether oxygens (including phenoxy) is 1. The van der Waals surface area contributed by atoms with Crippen molar-refractivity contribution in [3.63, 3.8) is 0 Å². The second kappa shape index (κ2) is 7.69. The first-order valence-electron chi connectivity index (χ1n) is 9.71. The van der Waals surface area contributed by atoms with E-state index in [1.807, 2.05) is 31.2 Å². The maximum atomic E-state index is 13.0. The maximum Gasteiger partial charge on any atom is 0.255 e. The van der Waals surface area contributed by atoms with Gasteiger partial charge in [0.15, 0.2) is 0 Å². The number of hydrogen-bond acceptors (Lipinski definition) is 4. The molecule has 1 amide bonds. The molecule has 3 aliphatic heterocycles. The van der Waals surface area contributed by atoms with Gasteiger partial charge in [0.1, 0.15) is 5.75 Å². The van der Waals surface area contributed by atoms with Gasteiger partial charge in [-0.3, -0.25) is 14.7 Å². The molecule has 3 fully saturated rings. The van der Waals surface area contributed by atoms with Gasteiger partial charge in [0, 0.05) is 44.1 Å². The summed E-state index contributed by atoms with van der Waals surface area (Å²) in [6.45, 7) is 5.72. The van der Waals surface area contributed by atoms with E-state index in [2.05, 4.69) is 26.9 Å². The first-order chi connectivity index (χ1) is 13.1. The van der Waals surface area contributed by atoms with Gasteiger partial charge in [0.05, 0.1) is 12.7 Å². The van der Waals surface area contributed by atoms with Crippen LogP contribution >= 0.6 is 0 Å². The number of carbonyl (C=O) groups is 1. The predicted molar refractivity (Wildman–Crippen MR) is 105 cm³/mol. The monoisotopic (exact) mass is 365 g/mol. The molecule has 3 aliphatic rings. The molecule has 0 saturated carbocycles. The Balaban J connectivity index is 1.46. The third-order valence-corrected chi connectivity index (χ3v) is 5.77. The zero-order valence-electron chi connectivity index (χ0n) is 16.1. The van der Waals surface area contributed by atoms with Crippen molar-refractivity contribution in [1.29, 1.82) is 0 Å². The molecule has 0 N–H and O–H groups in total. The molecule has 4 heterocycles. The van der Waals surface area contributed by atoms with Crippen LogP contribution < -0.4 is 4.74 Å². The number of methoxy groups -OCH3 is 1. The molecule has 2 aromatic rings. The summed E-state index contributed by atoms with van der Waals surface area (Å²) < 4.78 is 5.25. The third kappa shape index (κ3) is 3.98. The molecule has 3 saturated heterocycles. The molecular weight excluding hydrogens is 338 g/mol. The van der Waals surface area contributed by atoms with Crippen LogP contribution in [0, 0.1) is 12.8 Å². The van der Waals surface area contributed by atoms with Crippen molar-refractivity contribution in [3.05, 3.63) is 59.4 Å². The van der Waals surface area contributed by atoms with Crippen LogP contribution in [-0.4, -0.2) is 53.5 Å². The summed E-state index contributed by atoms with van der Waals surface area (Å²) in [6.07, 6.45) is 4.01. The maximum absolute atomic E-state index is 13.0. The predicted octanol–water partition coefficient (Wildman–Crippen LogP) is 3.14. The highest BCUT2D eigenvalue weighted by Gasteiger charge is 2.37. The van der Waals surface area contributed by atoms with Crippen LogP contribution in [0.3, 0.4) is 0 Å². The highest BCUT2D eigenvalue weighted by atomic mass is 16.5. The molecular formula is C22H27N3O2. The quantitative estimate of drug-likeness (QED) is 0.835. The fourth-order valence-corrected chi connectivity index (χ4v) is 4.31. The minimum absolute atomic E-state index is 0.128. The minimum Gasteiger partial charge on any atom is -0.497 e. The molecule has 27 heavy (non-hydrogen) atoms. The number of fused-ring (bicyclic) bond motifs is 4. The van der Waals surface area contributed by atoms with Gasteiger partial charge in [-0.05, 0) is 55.5 Å². The van der Waals surface area contributed by atoms with Crippen LogP contribution in [0.2, 0.25) is 0 Å². The summed E-state index contributed by atoms with van der Waals surface area (Å²) in [5.74, 6) is 1.56. The highest BCUT2D eigenvalue weighted by molar-refractivity contribution is 5.94. The molecule has 5 heteroatoms. The Morgan fingerprint density at radius 2 is 1.93 bits per heavy atom. The molecule has 2 atom stereocenters. The van der Waals surface area contributed by atoms with Crippen molar-refractivity contribution in [1.82, 2.24) is 14.8 Å². The summed E-state index contributed by atoms with van der Waals surface area (Å²) in [6, 6.07) is 12.4. The zero-order chi connectivity index (χ0) is 18.8. The van der Waals surface area contributed by atoms with Crippen molar-refractivity contribution >= 4 is 5.91 Å². The van der Waals surface area contributed by atoms with E-state index in [-0.39, 0.29) is 11.9 Å². The summed E-state index contributed by atoms with van der Waals surface area (Å²) in [5.41, 5.74) is 2.93. The highest BCUT2D eigenvalue weighted by Crippen LogP contribution is 2.30. The van der Waals surface area contributed by atoms with Crippen LogP contribution in [0.4, 0.5) is 0 Å². The van der Waals surface area contributed by atoms with Gasteiger partial charge in [0.25, 0.3) is 5.91 Å². The Morgan fingerprint density at radius 3 is 2.63 bits per heavy atom. The van der Waals surface area contributed by atoms with E-state index in [0.717, 1.165) is 44.0 Å². The number of piperidine rings is 1. The van der Waals surface area contributed by atoms with E-state index in [1.165, 1.54) is 12.0 Å². The lowest BCUT2D eigenvalue weighted by Gasteiger charge is -2.36. The number of nitrogens with zero attached hydrogens (tertiary/aromatic N) is 3. The first kappa shape index (κ1) is 18.0. The number of carbonyl (C=O) groups excluding carboxylic acids is 1. The lowest BCUT2D eigenvalue weighted by Crippen LogP contribution is -2.47. The van der Waals surface area contributed by atoms with Crippen LogP contribution in [0.5, 0.6) is 5.75 Å². The van der Waals surface area contributed by atoms with E-state index in [1.54, 1.807) is 13.3 Å². The molecule has 5 nitrogen and oxygen atoms in total.